The number of anilines is 2. The van der Waals surface area contributed by atoms with E-state index in [1.54, 1.807) is 0 Å². The van der Waals surface area contributed by atoms with E-state index in [9.17, 15) is 13.2 Å². The van der Waals surface area contributed by atoms with Gasteiger partial charge in [-0.25, -0.2) is 0 Å². The van der Waals surface area contributed by atoms with Crippen molar-refractivity contribution in [1.29, 1.82) is 0 Å². The van der Waals surface area contributed by atoms with Crippen LogP contribution in [0.3, 0.4) is 0 Å². The molecule has 0 saturated heterocycles. The maximum Gasteiger partial charge on any atom is 0.451 e. The molecule has 0 aliphatic heterocycles. The molecular formula is C17H23ClF3N5O. The minimum atomic E-state index is -4.61. The summed E-state index contributed by atoms with van der Waals surface area (Å²) in [6, 6.07) is 0. The van der Waals surface area contributed by atoms with Crippen molar-refractivity contribution in [1.82, 2.24) is 15.0 Å². The van der Waals surface area contributed by atoms with Gasteiger partial charge in [0.15, 0.2) is 0 Å². The molecule has 1 atom stereocenters. The predicted molar refractivity (Wildman–Crippen MR) is 100.0 cm³/mol. The first-order chi connectivity index (χ1) is 12.7. The molecular weight excluding hydrogens is 383 g/mol. The molecule has 1 aromatic heterocycles. The Balaban J connectivity index is 0.000000271. The number of nitrogens with two attached hydrogens (primary N) is 1. The topological polar surface area (TPSA) is 86.0 Å². The summed E-state index contributed by atoms with van der Waals surface area (Å²) in [4.78, 5) is 9.44. The highest BCUT2D eigenvalue weighted by Crippen LogP contribution is 2.26. The lowest BCUT2D eigenvalue weighted by Crippen LogP contribution is -2.15. The molecule has 0 aromatic carbocycles. The SMILES string of the molecule is CCC(C)COC1=CC=C(Cl)CC=C1.CNc1nc(N)nc(C(F)(F)F)n1. The fourth-order valence-electron chi connectivity index (χ4n) is 1.67. The molecule has 1 aliphatic carbocycles. The molecule has 0 bridgehead atoms. The number of aromatic nitrogens is 3. The van der Waals surface area contributed by atoms with Crippen molar-refractivity contribution in [3.63, 3.8) is 0 Å². The number of nitrogens with zero attached hydrogens (tertiary/aromatic N) is 3. The highest BCUT2D eigenvalue weighted by atomic mass is 35.5. The zero-order valence-electron chi connectivity index (χ0n) is 15.3. The Hall–Kier alpha value is -2.29. The first kappa shape index (κ1) is 22.8. The van der Waals surface area contributed by atoms with Crippen LogP contribution in [0.15, 0.2) is 35.1 Å². The minimum absolute atomic E-state index is 0.208. The largest absolute Gasteiger partial charge is 0.493 e. The molecule has 1 unspecified atom stereocenters. The number of hydrogen-bond donors (Lipinski definition) is 2. The summed E-state index contributed by atoms with van der Waals surface area (Å²) in [5, 5.41) is 3.19. The summed E-state index contributed by atoms with van der Waals surface area (Å²) in [7, 11) is 1.38. The Morgan fingerprint density at radius 2 is 2.00 bits per heavy atom. The van der Waals surface area contributed by atoms with E-state index in [1.807, 2.05) is 24.3 Å². The summed E-state index contributed by atoms with van der Waals surface area (Å²) in [6.07, 6.45) is 5.16. The van der Waals surface area contributed by atoms with Crippen LogP contribution in [0.5, 0.6) is 0 Å². The van der Waals surface area contributed by atoms with E-state index in [-0.39, 0.29) is 5.95 Å². The number of nitrogens with one attached hydrogen (secondary N) is 1. The molecule has 0 saturated carbocycles. The van der Waals surface area contributed by atoms with Crippen LogP contribution in [0.4, 0.5) is 25.1 Å². The smallest absolute Gasteiger partial charge is 0.451 e. The Kier molecular flexibility index (Phi) is 9.07. The van der Waals surface area contributed by atoms with Crippen molar-refractivity contribution in [2.75, 3.05) is 24.7 Å². The van der Waals surface area contributed by atoms with Gasteiger partial charge in [-0.2, -0.15) is 28.1 Å². The molecule has 0 amide bonds. The van der Waals surface area contributed by atoms with E-state index in [1.165, 1.54) is 7.05 Å². The molecule has 0 fully saturated rings. The maximum absolute atomic E-state index is 12.0. The fraction of sp³-hybridized carbons (Fsp3) is 0.471. The molecule has 1 aromatic rings. The quantitative estimate of drug-likeness (QED) is 0.748. The Bertz CT molecular complexity index is 704. The number of alkyl halides is 3. The number of ether oxygens (including phenoxy) is 1. The van der Waals surface area contributed by atoms with E-state index in [0.717, 1.165) is 30.2 Å². The van der Waals surface area contributed by atoms with E-state index in [0.29, 0.717) is 5.92 Å². The van der Waals surface area contributed by atoms with E-state index >= 15 is 0 Å². The number of rotatable bonds is 5. The van der Waals surface area contributed by atoms with Crippen LogP contribution < -0.4 is 11.1 Å². The van der Waals surface area contributed by atoms with Gasteiger partial charge in [0.2, 0.25) is 17.7 Å². The van der Waals surface area contributed by atoms with Gasteiger partial charge in [0.05, 0.1) is 6.61 Å². The summed E-state index contributed by atoms with van der Waals surface area (Å²) in [6.45, 7) is 5.13. The van der Waals surface area contributed by atoms with Crippen LogP contribution in [0.25, 0.3) is 0 Å². The number of nitrogen functional groups attached to an aromatic ring is 1. The minimum Gasteiger partial charge on any atom is -0.493 e. The average molecular weight is 406 g/mol. The van der Waals surface area contributed by atoms with Gasteiger partial charge < -0.3 is 15.8 Å². The molecule has 10 heteroatoms. The van der Waals surface area contributed by atoms with Gasteiger partial charge in [-0.05, 0) is 24.1 Å². The van der Waals surface area contributed by atoms with E-state index in [4.69, 9.17) is 22.1 Å². The zero-order valence-corrected chi connectivity index (χ0v) is 16.1. The van der Waals surface area contributed by atoms with Crippen LogP contribution in [0, 0.1) is 5.92 Å². The maximum atomic E-state index is 12.0. The second-order valence-corrected chi connectivity index (χ2v) is 6.19. The van der Waals surface area contributed by atoms with E-state index < -0.39 is 17.9 Å². The Labute approximate surface area is 161 Å². The van der Waals surface area contributed by atoms with Gasteiger partial charge in [0.25, 0.3) is 0 Å². The molecule has 150 valence electrons. The van der Waals surface area contributed by atoms with Crippen molar-refractivity contribution in [3.05, 3.63) is 40.9 Å². The van der Waals surface area contributed by atoms with Gasteiger partial charge in [-0.1, -0.05) is 37.9 Å². The molecule has 27 heavy (non-hydrogen) atoms. The summed E-state index contributed by atoms with van der Waals surface area (Å²) >= 11 is 5.89. The standard InChI is InChI=1S/C12H17ClO.C5H6F3N5/c1-3-10(2)9-14-12-6-4-5-11(13)7-8-12;1-10-4-12-2(5(6,7)8)11-3(9)13-4/h4,6-8,10H,3,5,9H2,1-2H3;1H3,(H3,9,10,11,12,13). The van der Waals surface area contributed by atoms with Crippen LogP contribution in [0.1, 0.15) is 32.5 Å². The van der Waals surface area contributed by atoms with Gasteiger partial charge in [0.1, 0.15) is 5.76 Å². The fourth-order valence-corrected chi connectivity index (χ4v) is 1.82. The lowest BCUT2D eigenvalue weighted by molar-refractivity contribution is -0.144. The summed E-state index contributed by atoms with van der Waals surface area (Å²) in [5.74, 6) is -0.469. The van der Waals surface area contributed by atoms with Crippen LogP contribution >= 0.6 is 11.6 Å². The first-order valence-electron chi connectivity index (χ1n) is 8.27. The predicted octanol–water partition coefficient (Wildman–Crippen LogP) is 4.53. The number of halogens is 4. The Morgan fingerprint density at radius 1 is 1.30 bits per heavy atom. The number of hydrogen-bond acceptors (Lipinski definition) is 6. The molecule has 2 rings (SSSR count). The van der Waals surface area contributed by atoms with Crippen molar-refractivity contribution in [3.8, 4) is 0 Å². The summed E-state index contributed by atoms with van der Waals surface area (Å²) < 4.78 is 41.8. The van der Waals surface area contributed by atoms with Crippen LogP contribution in [0.2, 0.25) is 0 Å². The van der Waals surface area contributed by atoms with Gasteiger partial charge in [-0.3, -0.25) is 0 Å². The third kappa shape index (κ3) is 8.76. The number of allylic oxidation sites excluding steroid dienone is 5. The lowest BCUT2D eigenvalue weighted by atomic mass is 10.1. The van der Waals surface area contributed by atoms with Crippen molar-refractivity contribution in [2.24, 2.45) is 5.92 Å². The van der Waals surface area contributed by atoms with Gasteiger partial charge in [-0.15, -0.1) is 0 Å². The zero-order chi connectivity index (χ0) is 20.4. The normalized spacial score (nSPS) is 14.9. The van der Waals surface area contributed by atoms with Gasteiger partial charge in [0, 0.05) is 18.5 Å². The Morgan fingerprint density at radius 3 is 2.59 bits per heavy atom. The van der Waals surface area contributed by atoms with E-state index in [2.05, 4.69) is 34.1 Å². The lowest BCUT2D eigenvalue weighted by Gasteiger charge is -2.10. The molecule has 0 radical (unpaired) electrons. The molecule has 1 aliphatic rings. The van der Waals surface area contributed by atoms with Crippen LogP contribution in [-0.4, -0.2) is 28.6 Å². The third-order valence-electron chi connectivity index (χ3n) is 3.38. The monoisotopic (exact) mass is 405 g/mol. The van der Waals surface area contributed by atoms with Crippen molar-refractivity contribution >= 4 is 23.5 Å². The van der Waals surface area contributed by atoms with Crippen molar-refractivity contribution in [2.45, 2.75) is 32.9 Å². The average Bonchev–Trinajstić information content (AvgIpc) is 2.83. The highest BCUT2D eigenvalue weighted by Gasteiger charge is 2.35. The first-order valence-corrected chi connectivity index (χ1v) is 8.65. The summed E-state index contributed by atoms with van der Waals surface area (Å²) in [5.41, 5.74) is 5.03. The third-order valence-corrected chi connectivity index (χ3v) is 3.67. The molecule has 0 spiro atoms. The van der Waals surface area contributed by atoms with Crippen LogP contribution in [-0.2, 0) is 10.9 Å². The molecule has 1 heterocycles. The second-order valence-electron chi connectivity index (χ2n) is 5.70. The molecule has 6 nitrogen and oxygen atoms in total. The highest BCUT2D eigenvalue weighted by molar-refractivity contribution is 6.29. The second kappa shape index (κ2) is 10.8. The van der Waals surface area contributed by atoms with Gasteiger partial charge >= 0.3 is 6.18 Å². The van der Waals surface area contributed by atoms with Crippen molar-refractivity contribution < 1.29 is 17.9 Å². The molecule has 3 N–H and O–H groups in total.